The van der Waals surface area contributed by atoms with E-state index in [0.29, 0.717) is 6.54 Å². The average molecular weight is 139 g/mol. The summed E-state index contributed by atoms with van der Waals surface area (Å²) in [7, 11) is 0. The molecule has 0 atom stereocenters. The molecule has 0 rings (SSSR count). The molecule has 3 nitrogen and oxygen atoms in total. The molecule has 0 bridgehead atoms. The minimum atomic E-state index is -0.341. The quantitative estimate of drug-likeness (QED) is 0.250. The Morgan fingerprint density at radius 3 is 2.78 bits per heavy atom. The third-order valence-electron chi connectivity index (χ3n) is 0.444. The van der Waals surface area contributed by atoms with Crippen LogP contribution in [0.3, 0.4) is 0 Å². The van der Waals surface area contributed by atoms with Gasteiger partial charge in [-0.05, 0) is 0 Å². The van der Waals surface area contributed by atoms with Gasteiger partial charge in [0.2, 0.25) is 0 Å². The fourth-order valence-electron chi connectivity index (χ4n) is 0.202. The van der Waals surface area contributed by atoms with Crippen LogP contribution in [0, 0.1) is 0 Å². The molecule has 0 aliphatic heterocycles. The first-order valence-electron chi connectivity index (χ1n) is 2.28. The Hall–Kier alpha value is 0.170. The summed E-state index contributed by atoms with van der Waals surface area (Å²) in [6.07, 6.45) is 1.60. The molecule has 0 saturated carbocycles. The van der Waals surface area contributed by atoms with Crippen LogP contribution >= 0.6 is 0 Å². The van der Waals surface area contributed by atoms with E-state index in [2.05, 4.69) is 16.9 Å². The van der Waals surface area contributed by atoms with Crippen LogP contribution in [-0.2, 0) is 9.63 Å². The van der Waals surface area contributed by atoms with Gasteiger partial charge in [0.05, 0.1) is 0 Å². The number of carbonyl (C=O) groups is 1. The molecule has 0 saturated heterocycles. The molecule has 48 valence electrons. The zero-order valence-corrected chi connectivity index (χ0v) is 4.81. The summed E-state index contributed by atoms with van der Waals surface area (Å²) in [4.78, 5) is 14.3. The Morgan fingerprint density at radius 2 is 2.44 bits per heavy atom. The van der Waals surface area contributed by atoms with E-state index in [9.17, 15) is 4.79 Å². The van der Waals surface area contributed by atoms with Crippen molar-refractivity contribution in [3.05, 3.63) is 12.7 Å². The van der Waals surface area contributed by atoms with Crippen LogP contribution in [0.2, 0.25) is 0 Å². The van der Waals surface area contributed by atoms with Crippen molar-refractivity contribution in [3.8, 4) is 0 Å². The van der Waals surface area contributed by atoms with Gasteiger partial charge in [-0.25, -0.2) is 0 Å². The predicted molar refractivity (Wildman–Crippen MR) is 37.1 cm³/mol. The van der Waals surface area contributed by atoms with Crippen molar-refractivity contribution in [1.29, 1.82) is 0 Å². The topological polar surface area (TPSA) is 38.3 Å². The molecule has 0 amide bonds. The van der Waals surface area contributed by atoms with Gasteiger partial charge in [-0.15, -0.1) is 12.1 Å². The minimum absolute atomic E-state index is 0. The number of hydrogen-bond acceptors (Lipinski definition) is 3. The van der Waals surface area contributed by atoms with Gasteiger partial charge >= 0.3 is 35.5 Å². The monoisotopic (exact) mass is 139 g/mol. The molecule has 0 heterocycles. The number of nitrogens with one attached hydrogen (secondary N) is 1. The Morgan fingerprint density at radius 1 is 1.89 bits per heavy atom. The van der Waals surface area contributed by atoms with E-state index in [1.54, 1.807) is 6.08 Å². The summed E-state index contributed by atoms with van der Waals surface area (Å²) >= 11 is 0. The molecule has 9 heavy (non-hydrogen) atoms. The van der Waals surface area contributed by atoms with Crippen molar-refractivity contribution in [3.63, 3.8) is 0 Å². The second-order valence-electron chi connectivity index (χ2n) is 1.23. The van der Waals surface area contributed by atoms with Crippen molar-refractivity contribution < 1.29 is 9.63 Å². The van der Waals surface area contributed by atoms with Gasteiger partial charge in [0.15, 0.2) is 0 Å². The average Bonchev–Trinajstić information content (AvgIpc) is 1.66. The van der Waals surface area contributed by atoms with Gasteiger partial charge in [-0.2, -0.15) is 0 Å². The molecule has 0 aromatic rings. The number of hydrogen-bond donors (Lipinski definition) is 1. The Balaban J connectivity index is 0. The molecule has 0 aromatic heterocycles. The van der Waals surface area contributed by atoms with E-state index in [1.165, 1.54) is 6.92 Å². The van der Waals surface area contributed by atoms with Gasteiger partial charge in [-0.1, -0.05) is 6.08 Å². The number of rotatable bonds is 3. The standard InChI is InChI=1S/C5H9NO2.Na.H/c1-3-4-6-8-5(2)7;;/h3,6H,1,4H2,2H3;;. The normalized spacial score (nSPS) is 7.22. The van der Waals surface area contributed by atoms with Crippen LogP contribution in [0.5, 0.6) is 0 Å². The van der Waals surface area contributed by atoms with Crippen LogP contribution in [0.15, 0.2) is 12.7 Å². The van der Waals surface area contributed by atoms with E-state index in [-0.39, 0.29) is 35.5 Å². The Kier molecular flexibility index (Phi) is 10.8. The summed E-state index contributed by atoms with van der Waals surface area (Å²) in [6, 6.07) is 0. The second kappa shape index (κ2) is 8.17. The van der Waals surface area contributed by atoms with E-state index in [1.807, 2.05) is 0 Å². The zero-order chi connectivity index (χ0) is 6.41. The molecule has 1 N–H and O–H groups in total. The van der Waals surface area contributed by atoms with Crippen LogP contribution in [-0.4, -0.2) is 42.1 Å². The third-order valence-corrected chi connectivity index (χ3v) is 0.444. The van der Waals surface area contributed by atoms with E-state index in [4.69, 9.17) is 0 Å². The van der Waals surface area contributed by atoms with Gasteiger partial charge in [0.1, 0.15) is 0 Å². The fraction of sp³-hybridized carbons (Fsp3) is 0.400. The molecule has 0 aliphatic carbocycles. The van der Waals surface area contributed by atoms with Crippen LogP contribution in [0.1, 0.15) is 6.92 Å². The molecular formula is C5H10NNaO2. The molecular weight excluding hydrogens is 129 g/mol. The molecule has 0 unspecified atom stereocenters. The van der Waals surface area contributed by atoms with Crippen molar-refractivity contribution in [1.82, 2.24) is 5.48 Å². The van der Waals surface area contributed by atoms with E-state index in [0.717, 1.165) is 0 Å². The Bertz CT molecular complexity index is 95.0. The van der Waals surface area contributed by atoms with Crippen LogP contribution in [0.25, 0.3) is 0 Å². The maximum absolute atomic E-state index is 10.00. The van der Waals surface area contributed by atoms with Crippen molar-refractivity contribution in [2.45, 2.75) is 6.92 Å². The molecule has 0 fully saturated rings. The van der Waals surface area contributed by atoms with Crippen molar-refractivity contribution >= 4 is 35.5 Å². The molecule has 4 heteroatoms. The first-order valence-corrected chi connectivity index (χ1v) is 2.28. The van der Waals surface area contributed by atoms with Crippen LogP contribution in [0.4, 0.5) is 0 Å². The summed E-state index contributed by atoms with van der Waals surface area (Å²) in [5, 5.41) is 0. The van der Waals surface area contributed by atoms with Crippen LogP contribution < -0.4 is 5.48 Å². The molecule has 0 radical (unpaired) electrons. The number of hydroxylamine groups is 1. The van der Waals surface area contributed by atoms with Gasteiger partial charge in [0, 0.05) is 13.5 Å². The van der Waals surface area contributed by atoms with Gasteiger partial charge < -0.3 is 4.84 Å². The summed E-state index contributed by atoms with van der Waals surface area (Å²) < 4.78 is 0. The van der Waals surface area contributed by atoms with Gasteiger partial charge in [-0.3, -0.25) is 4.79 Å². The molecule has 0 spiro atoms. The van der Waals surface area contributed by atoms with Gasteiger partial charge in [0.25, 0.3) is 0 Å². The predicted octanol–water partition coefficient (Wildman–Crippen LogP) is -0.408. The first-order chi connectivity index (χ1) is 3.77. The summed E-state index contributed by atoms with van der Waals surface area (Å²) in [6.45, 7) is 5.22. The fourth-order valence-corrected chi connectivity index (χ4v) is 0.202. The van der Waals surface area contributed by atoms with E-state index < -0.39 is 0 Å². The van der Waals surface area contributed by atoms with Crippen molar-refractivity contribution in [2.24, 2.45) is 0 Å². The molecule has 0 aromatic carbocycles. The zero-order valence-electron chi connectivity index (χ0n) is 4.81. The third kappa shape index (κ3) is 11.6. The van der Waals surface area contributed by atoms with Crippen molar-refractivity contribution in [2.75, 3.05) is 6.54 Å². The summed E-state index contributed by atoms with van der Waals surface area (Å²) in [5.41, 5.74) is 2.37. The number of carbonyl (C=O) groups excluding carboxylic acids is 1. The molecule has 0 aliphatic rings. The second-order valence-corrected chi connectivity index (χ2v) is 1.23. The SMILES string of the molecule is C=CCNOC(C)=O.[NaH]. The maximum atomic E-state index is 10.00. The first kappa shape index (κ1) is 11.9. The van der Waals surface area contributed by atoms with E-state index >= 15 is 0 Å². The Labute approximate surface area is 76.7 Å². The summed E-state index contributed by atoms with van der Waals surface area (Å²) in [5.74, 6) is -0.341.